The van der Waals surface area contributed by atoms with Gasteiger partial charge in [-0.25, -0.2) is 14.8 Å². The zero-order valence-corrected chi connectivity index (χ0v) is 20.5. The van der Waals surface area contributed by atoms with Gasteiger partial charge in [0.15, 0.2) is 6.10 Å². The van der Waals surface area contributed by atoms with Crippen LogP contribution in [0.15, 0.2) is 67.1 Å². The minimum atomic E-state index is -0.881. The fourth-order valence-electron chi connectivity index (χ4n) is 3.80. The number of nitro groups is 1. The molecule has 11 nitrogen and oxygen atoms in total. The van der Waals surface area contributed by atoms with Gasteiger partial charge in [0.2, 0.25) is 0 Å². The summed E-state index contributed by atoms with van der Waals surface area (Å²) in [5, 5.41) is 15.6. The summed E-state index contributed by atoms with van der Waals surface area (Å²) < 4.78 is 11.2. The number of non-ortho nitro benzene ring substituents is 1. The monoisotopic (exact) mass is 502 g/mol. The van der Waals surface area contributed by atoms with Crippen LogP contribution in [0.4, 0.5) is 22.1 Å². The molecule has 1 unspecified atom stereocenters. The Kier molecular flexibility index (Phi) is 7.14. The molecule has 2 aromatic carbocycles. The van der Waals surface area contributed by atoms with E-state index in [0.29, 0.717) is 33.9 Å². The highest BCUT2D eigenvalue weighted by molar-refractivity contribution is 5.95. The number of aromatic nitrogens is 3. The minimum absolute atomic E-state index is 0.0282. The summed E-state index contributed by atoms with van der Waals surface area (Å²) in [7, 11) is 0. The van der Waals surface area contributed by atoms with E-state index in [2.05, 4.69) is 20.3 Å². The molecule has 0 spiro atoms. The van der Waals surface area contributed by atoms with E-state index in [1.54, 1.807) is 36.5 Å². The molecule has 4 aromatic rings. The zero-order chi connectivity index (χ0) is 26.6. The molecule has 11 heteroatoms. The normalized spacial score (nSPS) is 12.1. The molecule has 0 aliphatic rings. The number of nitrogens with two attached hydrogens (primary N) is 1. The summed E-state index contributed by atoms with van der Waals surface area (Å²) in [6, 6.07) is 13.7. The van der Waals surface area contributed by atoms with E-state index in [0.717, 1.165) is 5.56 Å². The van der Waals surface area contributed by atoms with Crippen molar-refractivity contribution in [2.45, 2.75) is 33.5 Å². The van der Waals surface area contributed by atoms with Crippen LogP contribution in [0.3, 0.4) is 0 Å². The van der Waals surface area contributed by atoms with Crippen LogP contribution in [0.2, 0.25) is 0 Å². The van der Waals surface area contributed by atoms with E-state index in [9.17, 15) is 14.9 Å². The van der Waals surface area contributed by atoms with Crippen molar-refractivity contribution in [2.75, 3.05) is 5.32 Å². The molecule has 0 aliphatic carbocycles. The Hall–Kier alpha value is -4.80. The Labute approximate surface area is 212 Å². The zero-order valence-electron chi connectivity index (χ0n) is 20.5. The number of benzene rings is 2. The lowest BCUT2D eigenvalue weighted by Gasteiger charge is -2.28. The average Bonchev–Trinajstić information content (AvgIpc) is 2.86. The number of amides is 1. The molecule has 0 fully saturated rings. The molecule has 0 radical (unpaired) electrons. The van der Waals surface area contributed by atoms with Crippen LogP contribution in [-0.2, 0) is 11.3 Å². The Balaban J connectivity index is 1.47. The van der Waals surface area contributed by atoms with Crippen molar-refractivity contribution >= 4 is 34.2 Å². The lowest BCUT2D eigenvalue weighted by Crippen LogP contribution is -2.27. The predicted molar refractivity (Wildman–Crippen MR) is 137 cm³/mol. The first-order chi connectivity index (χ1) is 17.6. The van der Waals surface area contributed by atoms with Crippen LogP contribution in [0.5, 0.6) is 5.75 Å². The summed E-state index contributed by atoms with van der Waals surface area (Å²) in [6.45, 7) is 5.95. The quantitative estimate of drug-likeness (QED) is 0.237. The van der Waals surface area contributed by atoms with Gasteiger partial charge >= 0.3 is 6.09 Å². The summed E-state index contributed by atoms with van der Waals surface area (Å²) in [5.74, 6) is 1.51. The lowest BCUT2D eigenvalue weighted by atomic mass is 9.87. The van der Waals surface area contributed by atoms with Crippen LogP contribution in [0.1, 0.15) is 38.1 Å². The standard InChI is InChI=1S/C26H26N6O5/c1-26(2,3)24(37-25(27)33)19-13-30-23(14-29-19)31-22-12-16(10-11-28-22)15-36-21-9-8-20(32(34)35)17-6-4-5-7-18(17)21/h4-14,24H,15H2,1-3H3,(H2,27,33)(H,28,30,31). The molecule has 0 saturated carbocycles. The smallest absolute Gasteiger partial charge is 0.405 e. The predicted octanol–water partition coefficient (Wildman–Crippen LogP) is 5.44. The fraction of sp³-hybridized carbons (Fsp3) is 0.231. The van der Waals surface area contributed by atoms with Crippen molar-refractivity contribution in [3.8, 4) is 5.75 Å². The molecule has 0 saturated heterocycles. The number of fused-ring (bicyclic) bond motifs is 1. The van der Waals surface area contributed by atoms with Crippen LogP contribution in [0.25, 0.3) is 10.8 Å². The second-order valence-electron chi connectivity index (χ2n) is 9.36. The topological polar surface area (TPSA) is 155 Å². The summed E-state index contributed by atoms with van der Waals surface area (Å²) in [6.07, 6.45) is 3.14. The Morgan fingerprint density at radius 1 is 1.05 bits per heavy atom. The van der Waals surface area contributed by atoms with Gasteiger partial charge in [-0.2, -0.15) is 0 Å². The largest absolute Gasteiger partial charge is 0.488 e. The van der Waals surface area contributed by atoms with Gasteiger partial charge < -0.3 is 20.5 Å². The number of anilines is 2. The highest BCUT2D eigenvalue weighted by Gasteiger charge is 2.31. The third-order valence-corrected chi connectivity index (χ3v) is 5.49. The van der Waals surface area contributed by atoms with E-state index in [4.69, 9.17) is 15.2 Å². The lowest BCUT2D eigenvalue weighted by molar-refractivity contribution is -0.383. The number of nitro benzene ring substituents is 1. The van der Waals surface area contributed by atoms with Gasteiger partial charge in [0.05, 0.1) is 22.7 Å². The molecule has 4 rings (SSSR count). The molecule has 2 heterocycles. The van der Waals surface area contributed by atoms with Crippen LogP contribution < -0.4 is 15.8 Å². The Morgan fingerprint density at radius 3 is 2.46 bits per heavy atom. The van der Waals surface area contributed by atoms with Crippen molar-refractivity contribution in [2.24, 2.45) is 11.1 Å². The van der Waals surface area contributed by atoms with Crippen LogP contribution >= 0.6 is 0 Å². The molecule has 0 aliphatic heterocycles. The van der Waals surface area contributed by atoms with Crippen molar-refractivity contribution in [3.05, 3.63) is 88.5 Å². The first-order valence-electron chi connectivity index (χ1n) is 11.4. The molecule has 3 N–H and O–H groups in total. The number of pyridine rings is 1. The molecular formula is C26H26N6O5. The van der Waals surface area contributed by atoms with Gasteiger partial charge in [-0.15, -0.1) is 0 Å². The SMILES string of the molecule is CC(C)(C)C(OC(N)=O)c1cnc(Nc2cc(COc3ccc([N+](=O)[O-])c4ccccc34)ccn2)cn1. The third-order valence-electron chi connectivity index (χ3n) is 5.49. The van der Waals surface area contributed by atoms with Gasteiger partial charge in [0.1, 0.15) is 29.7 Å². The van der Waals surface area contributed by atoms with Gasteiger partial charge in [0.25, 0.3) is 5.69 Å². The van der Waals surface area contributed by atoms with Crippen molar-refractivity contribution < 1.29 is 19.2 Å². The molecule has 2 aromatic heterocycles. The van der Waals surface area contributed by atoms with Crippen molar-refractivity contribution in [3.63, 3.8) is 0 Å². The minimum Gasteiger partial charge on any atom is -0.488 e. The van der Waals surface area contributed by atoms with Crippen molar-refractivity contribution in [1.82, 2.24) is 15.0 Å². The molecule has 37 heavy (non-hydrogen) atoms. The molecule has 1 atom stereocenters. The number of nitrogens with zero attached hydrogens (tertiary/aromatic N) is 4. The average molecular weight is 503 g/mol. The molecular weight excluding hydrogens is 476 g/mol. The Morgan fingerprint density at radius 2 is 1.81 bits per heavy atom. The van der Waals surface area contributed by atoms with Gasteiger partial charge in [-0.3, -0.25) is 15.1 Å². The number of rotatable bonds is 8. The highest BCUT2D eigenvalue weighted by atomic mass is 16.6. The second-order valence-corrected chi connectivity index (χ2v) is 9.36. The third kappa shape index (κ3) is 6.07. The number of carbonyl (C=O) groups excluding carboxylic acids is 1. The second kappa shape index (κ2) is 10.4. The van der Waals surface area contributed by atoms with Crippen LogP contribution in [-0.4, -0.2) is 26.0 Å². The number of ether oxygens (including phenoxy) is 2. The van der Waals surface area contributed by atoms with Crippen molar-refractivity contribution in [1.29, 1.82) is 0 Å². The summed E-state index contributed by atoms with van der Waals surface area (Å²) >= 11 is 0. The van der Waals surface area contributed by atoms with Gasteiger partial charge in [-0.05, 0) is 29.8 Å². The van der Waals surface area contributed by atoms with Gasteiger partial charge in [0, 0.05) is 23.1 Å². The van der Waals surface area contributed by atoms with Gasteiger partial charge in [-0.1, -0.05) is 39.0 Å². The molecule has 190 valence electrons. The summed E-state index contributed by atoms with van der Waals surface area (Å²) in [5.41, 5.74) is 6.12. The maximum atomic E-state index is 11.3. The number of primary amides is 1. The fourth-order valence-corrected chi connectivity index (χ4v) is 3.80. The maximum Gasteiger partial charge on any atom is 0.405 e. The number of hydrogen-bond donors (Lipinski definition) is 2. The van der Waals surface area contributed by atoms with E-state index in [1.807, 2.05) is 32.9 Å². The van der Waals surface area contributed by atoms with E-state index in [-0.39, 0.29) is 12.3 Å². The first kappa shape index (κ1) is 25.3. The van der Waals surface area contributed by atoms with E-state index < -0.39 is 22.5 Å². The number of nitrogens with one attached hydrogen (secondary N) is 1. The van der Waals surface area contributed by atoms with Crippen LogP contribution in [0, 0.1) is 15.5 Å². The van der Waals surface area contributed by atoms with E-state index >= 15 is 0 Å². The molecule has 0 bridgehead atoms. The van der Waals surface area contributed by atoms with E-state index in [1.165, 1.54) is 18.5 Å². The Bertz CT molecular complexity index is 1440. The number of hydrogen-bond acceptors (Lipinski definition) is 9. The number of carbonyl (C=O) groups is 1. The maximum absolute atomic E-state index is 11.3. The first-order valence-corrected chi connectivity index (χ1v) is 11.4. The summed E-state index contributed by atoms with van der Waals surface area (Å²) in [4.78, 5) is 35.3. The molecule has 1 amide bonds. The highest BCUT2D eigenvalue weighted by Crippen LogP contribution is 2.35.